The van der Waals surface area contributed by atoms with Crippen molar-refractivity contribution >= 4 is 39.4 Å². The van der Waals surface area contributed by atoms with Gasteiger partial charge < -0.3 is 9.88 Å². The van der Waals surface area contributed by atoms with Crippen molar-refractivity contribution in [2.45, 2.75) is 17.5 Å². The van der Waals surface area contributed by atoms with Gasteiger partial charge in [-0.15, -0.1) is 6.42 Å². The molecule has 3 rings (SSSR count). The van der Waals surface area contributed by atoms with Gasteiger partial charge in [0, 0.05) is 23.9 Å². The van der Waals surface area contributed by atoms with E-state index in [1.807, 2.05) is 24.3 Å². The molecule has 0 aliphatic carbocycles. The Morgan fingerprint density at radius 1 is 1.50 bits per heavy atom. The fourth-order valence-corrected chi connectivity index (χ4v) is 3.84. The maximum atomic E-state index is 12.6. The standard InChI is InChI=1S/C17H14BrN3O2S/c1-3-7-24-17-20-16(23)14-12(10-5-4-6-11(18)8-10)9-13(22)19-15(14)21(17)2/h1,4-6,8,12H,7,9H2,2H3,(H,19,22). The van der Waals surface area contributed by atoms with Crippen molar-refractivity contribution in [3.8, 4) is 12.3 Å². The summed E-state index contributed by atoms with van der Waals surface area (Å²) in [6, 6.07) is 7.63. The van der Waals surface area contributed by atoms with Gasteiger partial charge in [-0.2, -0.15) is 4.98 Å². The summed E-state index contributed by atoms with van der Waals surface area (Å²) in [4.78, 5) is 29.0. The summed E-state index contributed by atoms with van der Waals surface area (Å²) >= 11 is 4.73. The van der Waals surface area contributed by atoms with E-state index in [9.17, 15) is 9.59 Å². The fraction of sp³-hybridized carbons (Fsp3) is 0.235. The molecule has 2 heterocycles. The minimum atomic E-state index is -0.326. The second-order valence-electron chi connectivity index (χ2n) is 5.37. The highest BCUT2D eigenvalue weighted by Gasteiger charge is 2.32. The molecule has 0 saturated carbocycles. The van der Waals surface area contributed by atoms with Crippen LogP contribution in [-0.2, 0) is 11.8 Å². The molecule has 2 aromatic rings. The SMILES string of the molecule is C#CCSc1nc(=O)c2c(n1C)NC(=O)CC2c1cccc(Br)c1. The van der Waals surface area contributed by atoms with E-state index in [1.54, 1.807) is 11.6 Å². The first-order valence-corrected chi connectivity index (χ1v) is 9.01. The molecule has 24 heavy (non-hydrogen) atoms. The van der Waals surface area contributed by atoms with Gasteiger partial charge in [0.1, 0.15) is 5.82 Å². The Hall–Kier alpha value is -2.04. The van der Waals surface area contributed by atoms with Crippen molar-refractivity contribution in [3.05, 3.63) is 50.2 Å². The van der Waals surface area contributed by atoms with E-state index in [-0.39, 0.29) is 23.8 Å². The summed E-state index contributed by atoms with van der Waals surface area (Å²) in [5, 5.41) is 3.30. The van der Waals surface area contributed by atoms with E-state index in [0.29, 0.717) is 22.3 Å². The van der Waals surface area contributed by atoms with Crippen LogP contribution in [0.3, 0.4) is 0 Å². The van der Waals surface area contributed by atoms with Gasteiger partial charge >= 0.3 is 0 Å². The van der Waals surface area contributed by atoms with Crippen molar-refractivity contribution in [2.75, 3.05) is 11.1 Å². The van der Waals surface area contributed by atoms with E-state index >= 15 is 0 Å². The van der Waals surface area contributed by atoms with Crippen molar-refractivity contribution in [2.24, 2.45) is 7.05 Å². The van der Waals surface area contributed by atoms with E-state index in [0.717, 1.165) is 10.0 Å². The van der Waals surface area contributed by atoms with Crippen LogP contribution in [-0.4, -0.2) is 21.2 Å². The summed E-state index contributed by atoms with van der Waals surface area (Å²) in [6.07, 6.45) is 5.50. The van der Waals surface area contributed by atoms with Gasteiger partial charge in [-0.05, 0) is 17.7 Å². The number of hydrogen-bond acceptors (Lipinski definition) is 4. The normalized spacial score (nSPS) is 16.2. The van der Waals surface area contributed by atoms with Crippen LogP contribution in [0.15, 0.2) is 38.7 Å². The van der Waals surface area contributed by atoms with Crippen LogP contribution >= 0.6 is 27.7 Å². The number of terminal acetylenes is 1. The van der Waals surface area contributed by atoms with Crippen molar-refractivity contribution in [1.29, 1.82) is 0 Å². The van der Waals surface area contributed by atoms with Crippen molar-refractivity contribution in [3.63, 3.8) is 0 Å². The number of nitrogens with zero attached hydrogens (tertiary/aromatic N) is 2. The first-order chi connectivity index (χ1) is 11.5. The number of aromatic nitrogens is 2. The summed E-state index contributed by atoms with van der Waals surface area (Å²) in [7, 11) is 1.77. The Kier molecular flexibility index (Phi) is 4.78. The number of nitrogens with one attached hydrogen (secondary N) is 1. The molecule has 1 aromatic heterocycles. The summed E-state index contributed by atoms with van der Waals surface area (Å²) in [5.41, 5.74) is 1.09. The Morgan fingerprint density at radius 2 is 2.29 bits per heavy atom. The number of benzene rings is 1. The van der Waals surface area contributed by atoms with E-state index in [4.69, 9.17) is 6.42 Å². The Morgan fingerprint density at radius 3 is 3.00 bits per heavy atom. The maximum absolute atomic E-state index is 12.6. The number of anilines is 1. The van der Waals surface area contributed by atoms with E-state index in [2.05, 4.69) is 32.2 Å². The molecule has 0 radical (unpaired) electrons. The number of rotatable bonds is 3. The van der Waals surface area contributed by atoms with Gasteiger partial charge in [0.25, 0.3) is 5.56 Å². The van der Waals surface area contributed by atoms with Crippen molar-refractivity contribution < 1.29 is 4.79 Å². The molecule has 1 unspecified atom stereocenters. The second kappa shape index (κ2) is 6.83. The maximum Gasteiger partial charge on any atom is 0.279 e. The molecule has 1 aliphatic heterocycles. The highest BCUT2D eigenvalue weighted by atomic mass is 79.9. The number of fused-ring (bicyclic) bond motifs is 1. The zero-order valence-electron chi connectivity index (χ0n) is 12.9. The average Bonchev–Trinajstić information content (AvgIpc) is 2.56. The zero-order chi connectivity index (χ0) is 17.3. The molecule has 0 spiro atoms. The lowest BCUT2D eigenvalue weighted by Gasteiger charge is -2.27. The molecule has 122 valence electrons. The van der Waals surface area contributed by atoms with Crippen LogP contribution < -0.4 is 10.9 Å². The van der Waals surface area contributed by atoms with Crippen LogP contribution in [0.1, 0.15) is 23.5 Å². The summed E-state index contributed by atoms with van der Waals surface area (Å²) in [6.45, 7) is 0. The number of halogens is 1. The molecular formula is C17H14BrN3O2S. The first kappa shape index (κ1) is 16.8. The van der Waals surface area contributed by atoms with Crippen LogP contribution in [0.5, 0.6) is 0 Å². The molecule has 1 aromatic carbocycles. The van der Waals surface area contributed by atoms with Crippen molar-refractivity contribution in [1.82, 2.24) is 9.55 Å². The molecule has 1 N–H and O–H groups in total. The molecule has 0 bridgehead atoms. The predicted molar refractivity (Wildman–Crippen MR) is 98.3 cm³/mol. The van der Waals surface area contributed by atoms with Gasteiger partial charge in [0.15, 0.2) is 5.16 Å². The number of amides is 1. The molecule has 0 saturated heterocycles. The van der Waals surface area contributed by atoms with Gasteiger partial charge in [0.2, 0.25) is 5.91 Å². The van der Waals surface area contributed by atoms with Gasteiger partial charge in [-0.3, -0.25) is 9.59 Å². The number of hydrogen-bond donors (Lipinski definition) is 1. The highest BCUT2D eigenvalue weighted by molar-refractivity contribution is 9.10. The van der Waals surface area contributed by atoms with Crippen LogP contribution in [0.25, 0.3) is 0 Å². The third-order valence-electron chi connectivity index (χ3n) is 3.84. The minimum absolute atomic E-state index is 0.124. The lowest BCUT2D eigenvalue weighted by atomic mass is 9.87. The Labute approximate surface area is 152 Å². The molecule has 1 atom stereocenters. The highest BCUT2D eigenvalue weighted by Crippen LogP contribution is 2.36. The number of carbonyl (C=O) groups is 1. The third-order valence-corrected chi connectivity index (χ3v) is 5.26. The van der Waals surface area contributed by atoms with Crippen LogP contribution in [0, 0.1) is 12.3 Å². The molecule has 5 nitrogen and oxygen atoms in total. The number of carbonyl (C=O) groups excluding carboxylic acids is 1. The van der Waals surface area contributed by atoms with Crippen LogP contribution in [0.4, 0.5) is 5.82 Å². The fourth-order valence-electron chi connectivity index (χ4n) is 2.78. The topological polar surface area (TPSA) is 64.0 Å². The number of thioether (sulfide) groups is 1. The molecule has 1 aliphatic rings. The van der Waals surface area contributed by atoms with Crippen LogP contribution in [0.2, 0.25) is 0 Å². The molecule has 1 amide bonds. The Bertz CT molecular complexity index is 917. The summed E-state index contributed by atoms with van der Waals surface area (Å²) < 4.78 is 2.62. The quantitative estimate of drug-likeness (QED) is 0.486. The molecular weight excluding hydrogens is 390 g/mol. The van der Waals surface area contributed by atoms with E-state index in [1.165, 1.54) is 11.8 Å². The molecule has 7 heteroatoms. The van der Waals surface area contributed by atoms with Gasteiger partial charge in [-0.25, -0.2) is 0 Å². The zero-order valence-corrected chi connectivity index (χ0v) is 15.3. The monoisotopic (exact) mass is 403 g/mol. The first-order valence-electron chi connectivity index (χ1n) is 7.23. The minimum Gasteiger partial charge on any atom is -0.312 e. The lowest BCUT2D eigenvalue weighted by molar-refractivity contribution is -0.116. The third kappa shape index (κ3) is 3.12. The lowest BCUT2D eigenvalue weighted by Crippen LogP contribution is -2.33. The summed E-state index contributed by atoms with van der Waals surface area (Å²) in [5.74, 6) is 2.97. The Balaban J connectivity index is 2.16. The smallest absolute Gasteiger partial charge is 0.279 e. The second-order valence-corrected chi connectivity index (χ2v) is 7.23. The van der Waals surface area contributed by atoms with E-state index < -0.39 is 0 Å². The average molecular weight is 404 g/mol. The van der Waals surface area contributed by atoms with Gasteiger partial charge in [-0.1, -0.05) is 45.7 Å². The molecule has 0 fully saturated rings. The van der Waals surface area contributed by atoms with Gasteiger partial charge in [0.05, 0.1) is 11.3 Å². The predicted octanol–water partition coefficient (Wildman–Crippen LogP) is 2.74. The largest absolute Gasteiger partial charge is 0.312 e.